The topological polar surface area (TPSA) is 114 Å². The van der Waals surface area contributed by atoms with Crippen molar-refractivity contribution in [1.29, 1.82) is 0 Å². The van der Waals surface area contributed by atoms with Crippen LogP contribution in [0.2, 0.25) is 0 Å². The molecule has 0 bridgehead atoms. The largest absolute Gasteiger partial charge is 0.355 e. The molecule has 0 radical (unpaired) electrons. The van der Waals surface area contributed by atoms with Crippen LogP contribution in [0.15, 0.2) is 35.4 Å². The predicted octanol–water partition coefficient (Wildman–Crippen LogP) is 1.99. The lowest BCUT2D eigenvalue weighted by Gasteiger charge is -2.33. The molecule has 32 heavy (non-hydrogen) atoms. The molecule has 166 valence electrons. The van der Waals surface area contributed by atoms with Crippen LogP contribution in [0.25, 0.3) is 22.2 Å². The number of para-hydroxylation sites is 2. The van der Waals surface area contributed by atoms with Crippen molar-refractivity contribution in [3.63, 3.8) is 0 Å². The molecule has 0 atom stereocenters. The fraction of sp³-hybridized carbons (Fsp3) is 0.409. The number of aromatic amines is 1. The van der Waals surface area contributed by atoms with Crippen molar-refractivity contribution in [2.75, 3.05) is 18.0 Å². The molecular weight excluding hydrogens is 408 g/mol. The molecule has 0 saturated carbocycles. The zero-order chi connectivity index (χ0) is 22.4. The van der Waals surface area contributed by atoms with Gasteiger partial charge in [0.1, 0.15) is 6.33 Å². The van der Waals surface area contributed by atoms with E-state index in [0.717, 1.165) is 42.8 Å². The van der Waals surface area contributed by atoms with E-state index in [1.807, 2.05) is 42.7 Å². The molecule has 1 saturated heterocycles. The van der Waals surface area contributed by atoms with Crippen LogP contribution in [0.5, 0.6) is 0 Å². The van der Waals surface area contributed by atoms with Gasteiger partial charge in [0.05, 0.1) is 11.0 Å². The minimum atomic E-state index is -0.233. The average Bonchev–Trinajstić information content (AvgIpc) is 3.30. The molecule has 5 rings (SSSR count). The molecule has 1 fully saturated rings. The van der Waals surface area contributed by atoms with Gasteiger partial charge in [0.15, 0.2) is 17.0 Å². The van der Waals surface area contributed by atoms with Gasteiger partial charge in [-0.05, 0) is 38.8 Å². The Labute approximate surface area is 184 Å². The van der Waals surface area contributed by atoms with Gasteiger partial charge in [0, 0.05) is 32.2 Å². The van der Waals surface area contributed by atoms with Crippen LogP contribution in [0.1, 0.15) is 43.3 Å². The molecule has 1 aromatic carbocycles. The number of nitrogens with one attached hydrogen (secondary N) is 2. The number of anilines is 1. The molecule has 1 amide bonds. The first-order chi connectivity index (χ1) is 15.4. The quantitative estimate of drug-likeness (QED) is 0.508. The summed E-state index contributed by atoms with van der Waals surface area (Å²) in [4.78, 5) is 43.7. The van der Waals surface area contributed by atoms with E-state index in [4.69, 9.17) is 0 Å². The third-order valence-electron chi connectivity index (χ3n) is 6.01. The van der Waals surface area contributed by atoms with Gasteiger partial charge in [-0.15, -0.1) is 0 Å². The van der Waals surface area contributed by atoms with Crippen LogP contribution >= 0.6 is 0 Å². The number of aryl methyl sites for hydroxylation is 1. The molecule has 0 aliphatic carbocycles. The van der Waals surface area contributed by atoms with Gasteiger partial charge >= 0.3 is 5.69 Å². The highest BCUT2D eigenvalue weighted by Crippen LogP contribution is 2.30. The van der Waals surface area contributed by atoms with Gasteiger partial charge in [0.2, 0.25) is 5.82 Å². The lowest BCUT2D eigenvalue weighted by molar-refractivity contribution is 0.0930. The Kier molecular flexibility index (Phi) is 4.91. The normalized spacial score (nSPS) is 15.2. The summed E-state index contributed by atoms with van der Waals surface area (Å²) in [6, 6.07) is 7.91. The van der Waals surface area contributed by atoms with Crippen molar-refractivity contribution < 1.29 is 4.79 Å². The number of imidazole rings is 2. The summed E-state index contributed by atoms with van der Waals surface area (Å²) in [5.74, 6) is 0.804. The summed E-state index contributed by atoms with van der Waals surface area (Å²) in [7, 11) is 1.79. The first kappa shape index (κ1) is 20.2. The molecular formula is C22H26N8O2. The van der Waals surface area contributed by atoms with Crippen molar-refractivity contribution >= 4 is 33.9 Å². The van der Waals surface area contributed by atoms with Gasteiger partial charge in [-0.25, -0.2) is 19.7 Å². The third kappa shape index (κ3) is 3.31. The highest BCUT2D eigenvalue weighted by atomic mass is 16.2. The smallest absolute Gasteiger partial charge is 0.326 e. The number of fused-ring (bicyclic) bond motifs is 2. The predicted molar refractivity (Wildman–Crippen MR) is 122 cm³/mol. The van der Waals surface area contributed by atoms with Crippen LogP contribution in [-0.4, -0.2) is 54.1 Å². The van der Waals surface area contributed by atoms with Crippen LogP contribution in [0, 0.1) is 0 Å². The van der Waals surface area contributed by atoms with Crippen molar-refractivity contribution in [1.82, 2.24) is 34.4 Å². The number of benzene rings is 1. The minimum absolute atomic E-state index is 0.0137. The van der Waals surface area contributed by atoms with E-state index >= 15 is 0 Å². The molecule has 4 heterocycles. The molecule has 10 nitrogen and oxygen atoms in total. The average molecular weight is 435 g/mol. The zero-order valence-corrected chi connectivity index (χ0v) is 18.4. The number of hydrogen-bond donors (Lipinski definition) is 2. The molecule has 10 heteroatoms. The number of nitrogens with zero attached hydrogens (tertiary/aromatic N) is 6. The maximum Gasteiger partial charge on any atom is 0.326 e. The maximum atomic E-state index is 12.6. The number of hydrogen-bond acceptors (Lipinski definition) is 6. The molecule has 3 aromatic heterocycles. The summed E-state index contributed by atoms with van der Waals surface area (Å²) in [6.45, 7) is 5.28. The molecule has 0 spiro atoms. The SMILES string of the molecule is CC(C)NC(=O)c1nc2c(N3CCC(n4c(=O)[nH]c5ccccc54)CC3)ncnc2n1C. The standard InChI is InChI=1S/C22H26N8O2/c1-13(2)25-21(31)20-27-17-18(28(20)3)23-12-24-19(17)29-10-8-14(9-11-29)30-16-7-5-4-6-15(16)26-22(30)32/h4-7,12-14H,8-11H2,1-3H3,(H,25,31)(H,26,32). The number of rotatable bonds is 4. The van der Waals surface area contributed by atoms with E-state index in [1.165, 1.54) is 6.33 Å². The Morgan fingerprint density at radius 2 is 1.94 bits per heavy atom. The van der Waals surface area contributed by atoms with Crippen molar-refractivity contribution in [3.8, 4) is 0 Å². The summed E-state index contributed by atoms with van der Waals surface area (Å²) in [5, 5.41) is 2.88. The lowest BCUT2D eigenvalue weighted by Crippen LogP contribution is -2.37. The third-order valence-corrected chi connectivity index (χ3v) is 6.01. The fourth-order valence-corrected chi connectivity index (χ4v) is 4.52. The van der Waals surface area contributed by atoms with E-state index in [2.05, 4.69) is 30.2 Å². The van der Waals surface area contributed by atoms with Gasteiger partial charge in [-0.1, -0.05) is 12.1 Å². The minimum Gasteiger partial charge on any atom is -0.355 e. The van der Waals surface area contributed by atoms with Gasteiger partial charge < -0.3 is 19.8 Å². The van der Waals surface area contributed by atoms with Crippen LogP contribution in [-0.2, 0) is 7.05 Å². The zero-order valence-electron chi connectivity index (χ0n) is 18.4. The summed E-state index contributed by atoms with van der Waals surface area (Å²) >= 11 is 0. The van der Waals surface area contributed by atoms with Gasteiger partial charge in [-0.2, -0.15) is 0 Å². The van der Waals surface area contributed by atoms with E-state index in [0.29, 0.717) is 17.0 Å². The number of H-pyrrole nitrogens is 1. The second-order valence-electron chi connectivity index (χ2n) is 8.53. The number of carbonyl (C=O) groups is 1. The highest BCUT2D eigenvalue weighted by Gasteiger charge is 2.27. The Bertz CT molecular complexity index is 1360. The molecule has 1 aliphatic heterocycles. The molecule has 2 N–H and O–H groups in total. The van der Waals surface area contributed by atoms with E-state index < -0.39 is 0 Å². The second kappa shape index (κ2) is 7.77. The summed E-state index contributed by atoms with van der Waals surface area (Å²) < 4.78 is 3.58. The molecule has 1 aliphatic rings. The number of aromatic nitrogens is 6. The Balaban J connectivity index is 1.42. The number of amides is 1. The van der Waals surface area contributed by atoms with Crippen LogP contribution in [0.4, 0.5) is 5.82 Å². The number of carbonyl (C=O) groups excluding carboxylic acids is 1. The van der Waals surface area contributed by atoms with Gasteiger partial charge in [0.25, 0.3) is 5.91 Å². The monoisotopic (exact) mass is 434 g/mol. The van der Waals surface area contributed by atoms with Crippen molar-refractivity contribution in [2.45, 2.75) is 38.8 Å². The Morgan fingerprint density at radius 3 is 2.69 bits per heavy atom. The van der Waals surface area contributed by atoms with Crippen molar-refractivity contribution in [2.24, 2.45) is 7.05 Å². The molecule has 4 aromatic rings. The highest BCUT2D eigenvalue weighted by molar-refractivity contribution is 5.96. The van der Waals surface area contributed by atoms with Crippen LogP contribution in [0.3, 0.4) is 0 Å². The summed E-state index contributed by atoms with van der Waals surface area (Å²) in [6.07, 6.45) is 3.13. The van der Waals surface area contributed by atoms with Gasteiger partial charge in [-0.3, -0.25) is 9.36 Å². The first-order valence-corrected chi connectivity index (χ1v) is 10.9. The Hall–Kier alpha value is -3.69. The molecule has 0 unspecified atom stereocenters. The Morgan fingerprint density at radius 1 is 1.19 bits per heavy atom. The maximum absolute atomic E-state index is 12.6. The van der Waals surface area contributed by atoms with E-state index in [-0.39, 0.29) is 23.7 Å². The summed E-state index contributed by atoms with van der Waals surface area (Å²) in [5.41, 5.74) is 2.97. The fourth-order valence-electron chi connectivity index (χ4n) is 4.52. The van der Waals surface area contributed by atoms with Crippen molar-refractivity contribution in [3.05, 3.63) is 46.9 Å². The van der Waals surface area contributed by atoms with E-state index in [9.17, 15) is 9.59 Å². The lowest BCUT2D eigenvalue weighted by atomic mass is 10.0. The van der Waals surface area contributed by atoms with E-state index in [1.54, 1.807) is 11.6 Å². The first-order valence-electron chi connectivity index (χ1n) is 10.9. The second-order valence-corrected chi connectivity index (χ2v) is 8.53. The number of piperidine rings is 1. The van der Waals surface area contributed by atoms with Crippen LogP contribution < -0.4 is 15.9 Å².